The van der Waals surface area contributed by atoms with Crippen molar-refractivity contribution in [2.24, 2.45) is 4.99 Å². The summed E-state index contributed by atoms with van der Waals surface area (Å²) < 4.78 is 90.4. The van der Waals surface area contributed by atoms with Gasteiger partial charge in [-0.05, 0) is 66.2 Å². The minimum Gasteiger partial charge on any atom is -0.493 e. The molecular formula is C31H28F6N4O3S. The predicted octanol–water partition coefficient (Wildman–Crippen LogP) is 6.80. The molecule has 0 radical (unpaired) electrons. The average Bonchev–Trinajstić information content (AvgIpc) is 3.36. The van der Waals surface area contributed by atoms with E-state index in [2.05, 4.69) is 19.8 Å². The second kappa shape index (κ2) is 13.1. The van der Waals surface area contributed by atoms with E-state index in [9.17, 15) is 31.1 Å². The minimum atomic E-state index is -5.02. The quantitative estimate of drug-likeness (QED) is 0.206. The summed E-state index contributed by atoms with van der Waals surface area (Å²) in [7, 11) is 1.34. The number of amidine groups is 1. The van der Waals surface area contributed by atoms with Gasteiger partial charge in [-0.2, -0.15) is 31.3 Å². The molecule has 45 heavy (non-hydrogen) atoms. The molecule has 1 saturated heterocycles. The normalized spacial score (nSPS) is 17.2. The van der Waals surface area contributed by atoms with Gasteiger partial charge in [0.25, 0.3) is 5.91 Å². The van der Waals surface area contributed by atoms with Crippen LogP contribution in [0.1, 0.15) is 33.5 Å². The maximum absolute atomic E-state index is 13.5. The minimum absolute atomic E-state index is 0.0702. The van der Waals surface area contributed by atoms with Crippen LogP contribution in [-0.2, 0) is 30.3 Å². The third-order valence-electron chi connectivity index (χ3n) is 7.35. The molecular weight excluding hydrogens is 622 g/mol. The van der Waals surface area contributed by atoms with Gasteiger partial charge in [-0.3, -0.25) is 14.7 Å². The van der Waals surface area contributed by atoms with Gasteiger partial charge >= 0.3 is 12.4 Å². The molecule has 3 aromatic rings. The smallest absolute Gasteiger partial charge is 0.416 e. The first-order valence-electron chi connectivity index (χ1n) is 13.8. The molecule has 14 heteroatoms. The largest absolute Gasteiger partial charge is 0.493 e. The van der Waals surface area contributed by atoms with E-state index in [1.54, 1.807) is 24.4 Å². The molecule has 0 saturated carbocycles. The number of thioether (sulfide) groups is 1. The third kappa shape index (κ3) is 7.79. The number of carbonyl (C=O) groups is 1. The van der Waals surface area contributed by atoms with E-state index >= 15 is 0 Å². The molecule has 0 unspecified atom stereocenters. The van der Waals surface area contributed by atoms with Crippen LogP contribution in [0.3, 0.4) is 0 Å². The van der Waals surface area contributed by atoms with Crippen molar-refractivity contribution in [2.75, 3.05) is 33.3 Å². The predicted molar refractivity (Wildman–Crippen MR) is 158 cm³/mol. The average molecular weight is 651 g/mol. The number of halogens is 6. The number of nitrogens with zero attached hydrogens (tertiary/aromatic N) is 4. The first-order valence-corrected chi connectivity index (χ1v) is 14.6. The van der Waals surface area contributed by atoms with Gasteiger partial charge in [-0.1, -0.05) is 18.2 Å². The van der Waals surface area contributed by atoms with Crippen LogP contribution in [0.5, 0.6) is 11.5 Å². The van der Waals surface area contributed by atoms with Gasteiger partial charge in [0, 0.05) is 44.5 Å². The molecule has 0 atom stereocenters. The fourth-order valence-corrected chi connectivity index (χ4v) is 5.83. The Kier molecular flexibility index (Phi) is 9.44. The molecule has 2 aliphatic heterocycles. The number of piperazine rings is 1. The standard InChI is InChI=1S/C31H28F6N4O3S/c1-19-4-3-9-38-24(19)17-40-10-12-41(13-11-40)29-39-28(42)27(45-29)15-20-5-8-25(26(14-20)43-2)44-18-21-6-7-22(30(32,33)34)16-23(21)31(35,36)37/h3-9,14-16H,10-13,17-18H2,1-2H3/b27-15+. The maximum Gasteiger partial charge on any atom is 0.416 e. The molecule has 0 aliphatic carbocycles. The van der Waals surface area contributed by atoms with Crippen molar-refractivity contribution in [1.29, 1.82) is 0 Å². The van der Waals surface area contributed by atoms with Crippen molar-refractivity contribution >= 4 is 28.9 Å². The van der Waals surface area contributed by atoms with Crippen molar-refractivity contribution in [3.05, 3.63) is 93.1 Å². The zero-order chi connectivity index (χ0) is 32.4. The number of hydrogen-bond acceptors (Lipinski definition) is 7. The first kappa shape index (κ1) is 32.4. The number of carbonyl (C=O) groups excluding carboxylic acids is 1. The number of aromatic nitrogens is 1. The Bertz CT molecular complexity index is 1630. The summed E-state index contributed by atoms with van der Waals surface area (Å²) >= 11 is 1.26. The van der Waals surface area contributed by atoms with Gasteiger partial charge < -0.3 is 14.4 Å². The molecule has 238 valence electrons. The van der Waals surface area contributed by atoms with Crippen molar-refractivity contribution in [2.45, 2.75) is 32.4 Å². The molecule has 2 aromatic carbocycles. The molecule has 1 aromatic heterocycles. The highest BCUT2D eigenvalue weighted by atomic mass is 32.2. The Labute approximate surface area is 259 Å². The van der Waals surface area contributed by atoms with E-state index in [1.165, 1.54) is 24.9 Å². The Hall–Kier alpha value is -4.04. The summed E-state index contributed by atoms with van der Waals surface area (Å²) in [5, 5.41) is 0.615. The van der Waals surface area contributed by atoms with Crippen molar-refractivity contribution in [1.82, 2.24) is 14.8 Å². The van der Waals surface area contributed by atoms with Crippen LogP contribution in [0.15, 0.2) is 64.6 Å². The molecule has 7 nitrogen and oxygen atoms in total. The van der Waals surface area contributed by atoms with E-state index in [4.69, 9.17) is 9.47 Å². The monoisotopic (exact) mass is 650 g/mol. The van der Waals surface area contributed by atoms with Crippen LogP contribution in [0.25, 0.3) is 6.08 Å². The fraction of sp³-hybridized carbons (Fsp3) is 0.323. The number of hydrogen-bond donors (Lipinski definition) is 0. The summed E-state index contributed by atoms with van der Waals surface area (Å²) in [6.07, 6.45) is -6.52. The lowest BCUT2D eigenvalue weighted by atomic mass is 10.0. The summed E-state index contributed by atoms with van der Waals surface area (Å²) in [6.45, 7) is 5.12. The van der Waals surface area contributed by atoms with Gasteiger partial charge in [0.1, 0.15) is 6.61 Å². The number of aliphatic imine (C=N–C) groups is 1. The number of rotatable bonds is 7. The molecule has 0 bridgehead atoms. The van der Waals surface area contributed by atoms with Crippen molar-refractivity contribution in [3.63, 3.8) is 0 Å². The Balaban J connectivity index is 1.22. The molecule has 0 N–H and O–H groups in total. The second-order valence-electron chi connectivity index (χ2n) is 10.4. The summed E-state index contributed by atoms with van der Waals surface area (Å²) in [4.78, 5) is 26.2. The number of pyridine rings is 1. The number of aryl methyl sites for hydroxylation is 1. The van der Waals surface area contributed by atoms with Gasteiger partial charge in [0.2, 0.25) is 0 Å². The zero-order valence-electron chi connectivity index (χ0n) is 24.2. The maximum atomic E-state index is 13.5. The summed E-state index contributed by atoms with van der Waals surface area (Å²) in [5.41, 5.74) is -0.562. The van der Waals surface area contributed by atoms with Gasteiger partial charge in [-0.15, -0.1) is 0 Å². The van der Waals surface area contributed by atoms with Crippen LogP contribution < -0.4 is 9.47 Å². The number of alkyl halides is 6. The van der Waals surface area contributed by atoms with E-state index in [0.717, 1.165) is 37.0 Å². The second-order valence-corrected chi connectivity index (χ2v) is 11.4. The number of methoxy groups -OCH3 is 1. The highest BCUT2D eigenvalue weighted by Crippen LogP contribution is 2.39. The molecule has 2 aliphatic rings. The Morgan fingerprint density at radius 1 is 0.956 bits per heavy atom. The van der Waals surface area contributed by atoms with Gasteiger partial charge in [0.15, 0.2) is 16.7 Å². The van der Waals surface area contributed by atoms with Gasteiger partial charge in [-0.25, -0.2) is 0 Å². The highest BCUT2D eigenvalue weighted by Gasteiger charge is 2.38. The Morgan fingerprint density at radius 3 is 2.38 bits per heavy atom. The first-order chi connectivity index (χ1) is 21.3. The zero-order valence-corrected chi connectivity index (χ0v) is 25.0. The topological polar surface area (TPSA) is 67.3 Å². The van der Waals surface area contributed by atoms with Crippen molar-refractivity contribution in [3.8, 4) is 11.5 Å². The fourth-order valence-electron chi connectivity index (χ4n) is 4.87. The number of benzene rings is 2. The van der Waals surface area contributed by atoms with Crippen LogP contribution in [-0.4, -0.2) is 59.1 Å². The van der Waals surface area contributed by atoms with Crippen LogP contribution in [0.2, 0.25) is 0 Å². The van der Waals surface area contributed by atoms with Gasteiger partial charge in [0.05, 0.1) is 28.8 Å². The molecule has 1 amide bonds. The van der Waals surface area contributed by atoms with E-state index in [0.29, 0.717) is 34.8 Å². The highest BCUT2D eigenvalue weighted by molar-refractivity contribution is 8.18. The van der Waals surface area contributed by atoms with Crippen molar-refractivity contribution < 1.29 is 40.6 Å². The number of amides is 1. The van der Waals surface area contributed by atoms with E-state index in [-0.39, 0.29) is 23.5 Å². The van der Waals surface area contributed by atoms with Crippen LogP contribution in [0.4, 0.5) is 26.3 Å². The lowest BCUT2D eigenvalue weighted by Gasteiger charge is -2.35. The van der Waals surface area contributed by atoms with Crippen LogP contribution in [0, 0.1) is 6.92 Å². The lowest BCUT2D eigenvalue weighted by molar-refractivity contribution is -0.143. The molecule has 3 heterocycles. The SMILES string of the molecule is COc1cc(/C=C2/SC(N3CCN(Cc4ncccc4C)CC3)=NC2=O)ccc1OCc1ccc(C(F)(F)F)cc1C(F)(F)F. The molecule has 0 spiro atoms. The summed E-state index contributed by atoms with van der Waals surface area (Å²) in [5.74, 6) is -0.141. The molecule has 1 fully saturated rings. The third-order valence-corrected chi connectivity index (χ3v) is 8.40. The summed E-state index contributed by atoms with van der Waals surface area (Å²) in [6, 6.07) is 9.94. The van der Waals surface area contributed by atoms with E-state index < -0.39 is 35.6 Å². The Morgan fingerprint density at radius 2 is 1.71 bits per heavy atom. The van der Waals surface area contributed by atoms with E-state index in [1.807, 2.05) is 19.1 Å². The lowest BCUT2D eigenvalue weighted by Crippen LogP contribution is -2.47. The number of ether oxygens (including phenoxy) is 2. The molecule has 5 rings (SSSR count). The van der Waals surface area contributed by atoms with Crippen LogP contribution >= 0.6 is 11.8 Å².